The molecule has 0 amide bonds. The van der Waals surface area contributed by atoms with Crippen molar-refractivity contribution in [3.8, 4) is 0 Å². The Morgan fingerprint density at radius 2 is 1.79 bits per heavy atom. The van der Waals surface area contributed by atoms with Crippen LogP contribution in [0.3, 0.4) is 0 Å². The van der Waals surface area contributed by atoms with Gasteiger partial charge in [0, 0.05) is 12.1 Å². The molecule has 1 N–H and O–H groups in total. The predicted molar refractivity (Wildman–Crippen MR) is 57.5 cm³/mol. The molecule has 0 bridgehead atoms. The molecule has 0 spiro atoms. The summed E-state index contributed by atoms with van der Waals surface area (Å²) in [6.07, 6.45) is 2.60. The summed E-state index contributed by atoms with van der Waals surface area (Å²) in [5, 5.41) is 3.66. The van der Waals surface area contributed by atoms with Gasteiger partial charge < -0.3 is 15.0 Å². The highest BCUT2D eigenvalue weighted by atomic mass is 16.5. The van der Waals surface area contributed by atoms with Gasteiger partial charge in [-0.3, -0.25) is 0 Å². The van der Waals surface area contributed by atoms with E-state index in [1.807, 2.05) is 0 Å². The van der Waals surface area contributed by atoms with E-state index in [1.54, 1.807) is 0 Å². The maximum Gasteiger partial charge on any atom is 0.0643 e. The molecule has 0 aromatic carbocycles. The standard InChI is InChI=1S/C11H22N2O/c1-9(2)13-5-3-10(4-6-13)12-11-7-14-8-11/h9-12H,3-8H2,1-2H3. The number of ether oxygens (including phenoxy) is 1. The highest BCUT2D eigenvalue weighted by molar-refractivity contribution is 4.83. The third kappa shape index (κ3) is 2.47. The molecule has 14 heavy (non-hydrogen) atoms. The summed E-state index contributed by atoms with van der Waals surface area (Å²) >= 11 is 0. The molecule has 82 valence electrons. The van der Waals surface area contributed by atoms with E-state index in [1.165, 1.54) is 25.9 Å². The number of likely N-dealkylation sites (tertiary alicyclic amines) is 1. The van der Waals surface area contributed by atoms with Crippen LogP contribution in [0, 0.1) is 0 Å². The maximum atomic E-state index is 5.16. The lowest BCUT2D eigenvalue weighted by Gasteiger charge is -2.38. The van der Waals surface area contributed by atoms with E-state index in [2.05, 4.69) is 24.1 Å². The number of piperidine rings is 1. The first-order valence-corrected chi connectivity index (χ1v) is 5.83. The van der Waals surface area contributed by atoms with Crippen LogP contribution in [0.5, 0.6) is 0 Å². The van der Waals surface area contributed by atoms with Gasteiger partial charge in [-0.15, -0.1) is 0 Å². The van der Waals surface area contributed by atoms with Gasteiger partial charge in [-0.2, -0.15) is 0 Å². The molecular formula is C11H22N2O. The fraction of sp³-hybridized carbons (Fsp3) is 1.00. The lowest BCUT2D eigenvalue weighted by molar-refractivity contribution is -0.0141. The minimum absolute atomic E-state index is 0.644. The number of hydrogen-bond acceptors (Lipinski definition) is 3. The summed E-state index contributed by atoms with van der Waals surface area (Å²) in [5.74, 6) is 0. The molecule has 0 aromatic rings. The number of nitrogens with zero attached hydrogens (tertiary/aromatic N) is 1. The van der Waals surface area contributed by atoms with Crippen LogP contribution in [0.2, 0.25) is 0 Å². The lowest BCUT2D eigenvalue weighted by Crippen LogP contribution is -2.53. The zero-order chi connectivity index (χ0) is 9.97. The second-order valence-corrected chi connectivity index (χ2v) is 4.81. The molecule has 0 atom stereocenters. The zero-order valence-corrected chi connectivity index (χ0v) is 9.33. The average Bonchev–Trinajstić information content (AvgIpc) is 2.12. The van der Waals surface area contributed by atoms with E-state index in [0.717, 1.165) is 19.3 Å². The first-order valence-electron chi connectivity index (χ1n) is 5.83. The molecular weight excluding hydrogens is 176 g/mol. The van der Waals surface area contributed by atoms with Crippen LogP contribution in [-0.2, 0) is 4.74 Å². The normalized spacial score (nSPS) is 26.8. The van der Waals surface area contributed by atoms with Crippen LogP contribution >= 0.6 is 0 Å². The fourth-order valence-corrected chi connectivity index (χ4v) is 2.25. The lowest BCUT2D eigenvalue weighted by atomic mass is 10.0. The van der Waals surface area contributed by atoms with Crippen molar-refractivity contribution in [1.82, 2.24) is 10.2 Å². The Morgan fingerprint density at radius 3 is 2.21 bits per heavy atom. The summed E-state index contributed by atoms with van der Waals surface area (Å²) in [6.45, 7) is 8.92. The maximum absolute atomic E-state index is 5.16. The van der Waals surface area contributed by atoms with Gasteiger partial charge in [-0.25, -0.2) is 0 Å². The van der Waals surface area contributed by atoms with Crippen LogP contribution < -0.4 is 5.32 Å². The summed E-state index contributed by atoms with van der Waals surface area (Å²) < 4.78 is 5.16. The molecule has 0 aromatic heterocycles. The van der Waals surface area contributed by atoms with E-state index in [9.17, 15) is 0 Å². The SMILES string of the molecule is CC(C)N1CCC(NC2COC2)CC1. The summed E-state index contributed by atoms with van der Waals surface area (Å²) in [4.78, 5) is 2.56. The van der Waals surface area contributed by atoms with Crippen molar-refractivity contribution < 1.29 is 4.74 Å². The van der Waals surface area contributed by atoms with Crippen molar-refractivity contribution >= 4 is 0 Å². The van der Waals surface area contributed by atoms with Gasteiger partial charge in [0.15, 0.2) is 0 Å². The van der Waals surface area contributed by atoms with Gasteiger partial charge in [-0.05, 0) is 39.8 Å². The first kappa shape index (κ1) is 10.4. The van der Waals surface area contributed by atoms with Gasteiger partial charge in [0.2, 0.25) is 0 Å². The van der Waals surface area contributed by atoms with Crippen LogP contribution in [0.15, 0.2) is 0 Å². The van der Waals surface area contributed by atoms with Crippen LogP contribution in [-0.4, -0.2) is 49.3 Å². The fourth-order valence-electron chi connectivity index (χ4n) is 2.25. The Kier molecular flexibility index (Phi) is 3.42. The van der Waals surface area contributed by atoms with Gasteiger partial charge in [-0.1, -0.05) is 0 Å². The minimum Gasteiger partial charge on any atom is -0.378 e. The molecule has 2 saturated heterocycles. The van der Waals surface area contributed by atoms with Crippen molar-refractivity contribution in [3.63, 3.8) is 0 Å². The average molecular weight is 198 g/mol. The Labute approximate surface area is 86.8 Å². The number of nitrogens with one attached hydrogen (secondary N) is 1. The molecule has 3 nitrogen and oxygen atoms in total. The molecule has 2 heterocycles. The third-order valence-corrected chi connectivity index (χ3v) is 3.37. The van der Waals surface area contributed by atoms with E-state index < -0.39 is 0 Å². The highest BCUT2D eigenvalue weighted by Gasteiger charge is 2.25. The molecule has 2 aliphatic rings. The minimum atomic E-state index is 0.644. The number of hydrogen-bond donors (Lipinski definition) is 1. The van der Waals surface area contributed by atoms with Crippen LogP contribution in [0.4, 0.5) is 0 Å². The van der Waals surface area contributed by atoms with Gasteiger partial charge >= 0.3 is 0 Å². The summed E-state index contributed by atoms with van der Waals surface area (Å²) in [7, 11) is 0. The molecule has 2 aliphatic heterocycles. The smallest absolute Gasteiger partial charge is 0.0643 e. The monoisotopic (exact) mass is 198 g/mol. The topological polar surface area (TPSA) is 24.5 Å². The molecule has 2 fully saturated rings. The summed E-state index contributed by atoms with van der Waals surface area (Å²) in [6, 6.07) is 2.09. The molecule has 2 rings (SSSR count). The van der Waals surface area contributed by atoms with E-state index >= 15 is 0 Å². The van der Waals surface area contributed by atoms with Crippen LogP contribution in [0.25, 0.3) is 0 Å². The van der Waals surface area contributed by atoms with E-state index in [-0.39, 0.29) is 0 Å². The predicted octanol–water partition coefficient (Wildman–Crippen LogP) is 0.848. The molecule has 0 unspecified atom stereocenters. The van der Waals surface area contributed by atoms with Crippen LogP contribution in [0.1, 0.15) is 26.7 Å². The second-order valence-electron chi connectivity index (χ2n) is 4.81. The Bertz CT molecular complexity index is 172. The second kappa shape index (κ2) is 4.60. The van der Waals surface area contributed by atoms with Crippen molar-refractivity contribution in [1.29, 1.82) is 0 Å². The quantitative estimate of drug-likeness (QED) is 0.727. The van der Waals surface area contributed by atoms with Gasteiger partial charge in [0.25, 0.3) is 0 Å². The third-order valence-electron chi connectivity index (χ3n) is 3.37. The zero-order valence-electron chi connectivity index (χ0n) is 9.33. The van der Waals surface area contributed by atoms with Gasteiger partial charge in [0.05, 0.1) is 19.3 Å². The molecule has 0 aliphatic carbocycles. The molecule has 3 heteroatoms. The Morgan fingerprint density at radius 1 is 1.14 bits per heavy atom. The van der Waals surface area contributed by atoms with Crippen molar-refractivity contribution in [2.24, 2.45) is 0 Å². The van der Waals surface area contributed by atoms with Gasteiger partial charge in [0.1, 0.15) is 0 Å². The van der Waals surface area contributed by atoms with E-state index in [4.69, 9.17) is 4.74 Å². The Balaban J connectivity index is 1.67. The van der Waals surface area contributed by atoms with Crippen molar-refractivity contribution in [2.75, 3.05) is 26.3 Å². The van der Waals surface area contributed by atoms with E-state index in [0.29, 0.717) is 12.1 Å². The Hall–Kier alpha value is -0.120. The van der Waals surface area contributed by atoms with Crippen molar-refractivity contribution in [2.45, 2.75) is 44.8 Å². The van der Waals surface area contributed by atoms with Crippen molar-refractivity contribution in [3.05, 3.63) is 0 Å². The first-order chi connectivity index (χ1) is 6.75. The number of rotatable bonds is 3. The summed E-state index contributed by atoms with van der Waals surface area (Å²) in [5.41, 5.74) is 0. The molecule has 0 radical (unpaired) electrons. The largest absolute Gasteiger partial charge is 0.378 e. The molecule has 0 saturated carbocycles. The highest BCUT2D eigenvalue weighted by Crippen LogP contribution is 2.14.